The van der Waals surface area contributed by atoms with Crippen LogP contribution in [0.25, 0.3) is 0 Å². The van der Waals surface area contributed by atoms with E-state index in [0.29, 0.717) is 13.1 Å². The van der Waals surface area contributed by atoms with E-state index in [1.807, 2.05) is 25.7 Å². The van der Waals surface area contributed by atoms with Gasteiger partial charge in [0.05, 0.1) is 6.10 Å². The van der Waals surface area contributed by atoms with Crippen LogP contribution in [0.1, 0.15) is 20.8 Å². The molecule has 0 aromatic carbocycles. The first-order chi connectivity index (χ1) is 6.43. The van der Waals surface area contributed by atoms with E-state index in [4.69, 9.17) is 5.11 Å². The molecule has 3 unspecified atom stereocenters. The number of likely N-dealkylation sites (tertiary alicyclic amines) is 1. The molecule has 1 aliphatic rings. The van der Waals surface area contributed by atoms with Crippen LogP contribution in [0.5, 0.6) is 0 Å². The minimum atomic E-state index is -0.790. The Morgan fingerprint density at radius 3 is 2.29 bits per heavy atom. The zero-order valence-electron chi connectivity index (χ0n) is 8.97. The van der Waals surface area contributed by atoms with Crippen molar-refractivity contribution in [3.05, 3.63) is 0 Å². The monoisotopic (exact) mass is 201 g/mol. The topological polar surface area (TPSA) is 60.8 Å². The molecule has 14 heavy (non-hydrogen) atoms. The number of aliphatic carboxylic acids is 1. The summed E-state index contributed by atoms with van der Waals surface area (Å²) < 4.78 is 0. The molecule has 4 nitrogen and oxygen atoms in total. The molecule has 1 saturated heterocycles. The fraction of sp³-hybridized carbons (Fsp3) is 0.900. The summed E-state index contributed by atoms with van der Waals surface area (Å²) >= 11 is 0. The lowest BCUT2D eigenvalue weighted by Gasteiger charge is -2.26. The van der Waals surface area contributed by atoms with Gasteiger partial charge in [0.15, 0.2) is 0 Å². The fourth-order valence-corrected chi connectivity index (χ4v) is 2.08. The van der Waals surface area contributed by atoms with Crippen LogP contribution in [0, 0.1) is 11.8 Å². The predicted octanol–water partition coefficient (Wildman–Crippen LogP) is 0.408. The molecule has 2 N–H and O–H groups in total. The van der Waals surface area contributed by atoms with E-state index < -0.39 is 12.0 Å². The van der Waals surface area contributed by atoms with Crippen molar-refractivity contribution < 1.29 is 15.0 Å². The van der Waals surface area contributed by atoms with Crippen LogP contribution in [0.3, 0.4) is 0 Å². The second-order valence-corrected chi connectivity index (χ2v) is 4.53. The van der Waals surface area contributed by atoms with E-state index in [-0.39, 0.29) is 17.9 Å². The summed E-state index contributed by atoms with van der Waals surface area (Å²) in [5.41, 5.74) is 0. The number of aliphatic hydroxyl groups excluding tert-OH is 1. The van der Waals surface area contributed by atoms with Crippen molar-refractivity contribution >= 4 is 5.97 Å². The normalized spacial score (nSPS) is 30.9. The minimum absolute atomic E-state index is 0.0741. The van der Waals surface area contributed by atoms with Crippen LogP contribution in [0.2, 0.25) is 0 Å². The molecule has 0 aromatic rings. The van der Waals surface area contributed by atoms with Crippen molar-refractivity contribution in [1.82, 2.24) is 4.90 Å². The molecule has 1 heterocycles. The van der Waals surface area contributed by atoms with Gasteiger partial charge in [0.1, 0.15) is 6.04 Å². The number of aliphatic hydroxyl groups is 1. The van der Waals surface area contributed by atoms with Gasteiger partial charge in [-0.15, -0.1) is 0 Å². The summed E-state index contributed by atoms with van der Waals surface area (Å²) in [7, 11) is 0. The van der Waals surface area contributed by atoms with E-state index in [0.717, 1.165) is 0 Å². The Morgan fingerprint density at radius 2 is 2.00 bits per heavy atom. The molecule has 0 saturated carbocycles. The SMILES string of the molecule is CC(C)C(C(=O)O)N1CC(C)C(O)C1. The lowest BCUT2D eigenvalue weighted by Crippen LogP contribution is -2.43. The summed E-state index contributed by atoms with van der Waals surface area (Å²) in [4.78, 5) is 12.9. The Labute approximate surface area is 84.5 Å². The van der Waals surface area contributed by atoms with Crippen LogP contribution in [-0.4, -0.2) is 46.3 Å². The largest absolute Gasteiger partial charge is 0.480 e. The molecule has 82 valence electrons. The summed E-state index contributed by atoms with van der Waals surface area (Å²) in [6, 6.07) is -0.463. The average molecular weight is 201 g/mol. The lowest BCUT2D eigenvalue weighted by molar-refractivity contribution is -0.144. The van der Waals surface area contributed by atoms with Gasteiger partial charge in [-0.3, -0.25) is 9.69 Å². The molecule has 0 aliphatic carbocycles. The zero-order chi connectivity index (χ0) is 10.9. The summed E-state index contributed by atoms with van der Waals surface area (Å²) in [6.45, 7) is 6.90. The van der Waals surface area contributed by atoms with Crippen LogP contribution in [0.4, 0.5) is 0 Å². The maximum Gasteiger partial charge on any atom is 0.321 e. The van der Waals surface area contributed by atoms with Crippen LogP contribution in [-0.2, 0) is 4.79 Å². The number of hydrogen-bond acceptors (Lipinski definition) is 3. The Balaban J connectivity index is 2.67. The molecule has 3 atom stereocenters. The molecule has 1 fully saturated rings. The third kappa shape index (κ3) is 2.25. The molecular formula is C10H19NO3. The number of rotatable bonds is 3. The number of hydrogen-bond donors (Lipinski definition) is 2. The molecule has 4 heteroatoms. The van der Waals surface area contributed by atoms with Gasteiger partial charge in [-0.1, -0.05) is 20.8 Å². The minimum Gasteiger partial charge on any atom is -0.480 e. The van der Waals surface area contributed by atoms with Gasteiger partial charge >= 0.3 is 5.97 Å². The molecule has 1 rings (SSSR count). The molecule has 0 bridgehead atoms. The molecule has 0 aromatic heterocycles. The van der Waals surface area contributed by atoms with Crippen LogP contribution >= 0.6 is 0 Å². The van der Waals surface area contributed by atoms with Crippen LogP contribution in [0.15, 0.2) is 0 Å². The lowest BCUT2D eigenvalue weighted by atomic mass is 10.0. The third-order valence-corrected chi connectivity index (χ3v) is 2.88. The highest BCUT2D eigenvalue weighted by atomic mass is 16.4. The van der Waals surface area contributed by atoms with Gasteiger partial charge in [0.2, 0.25) is 0 Å². The highest BCUT2D eigenvalue weighted by Gasteiger charge is 2.37. The first-order valence-corrected chi connectivity index (χ1v) is 5.08. The Kier molecular flexibility index (Phi) is 3.50. The van der Waals surface area contributed by atoms with Crippen molar-refractivity contribution in [2.45, 2.75) is 32.9 Å². The summed E-state index contributed by atoms with van der Waals surface area (Å²) in [6.07, 6.45) is -0.379. The quantitative estimate of drug-likeness (QED) is 0.694. The Morgan fingerprint density at radius 1 is 1.43 bits per heavy atom. The standard InChI is InChI=1S/C10H19NO3/c1-6(2)9(10(13)14)11-4-7(3)8(12)5-11/h6-9,12H,4-5H2,1-3H3,(H,13,14). The summed E-state index contributed by atoms with van der Waals surface area (Å²) in [5.74, 6) is -0.540. The van der Waals surface area contributed by atoms with Gasteiger partial charge in [-0.05, 0) is 11.8 Å². The maximum atomic E-state index is 11.0. The number of carboxylic acid groups (broad SMARTS) is 1. The maximum absolute atomic E-state index is 11.0. The number of nitrogens with zero attached hydrogens (tertiary/aromatic N) is 1. The van der Waals surface area contributed by atoms with Crippen LogP contribution < -0.4 is 0 Å². The molecule has 1 aliphatic heterocycles. The number of carboxylic acids is 1. The van der Waals surface area contributed by atoms with Gasteiger partial charge < -0.3 is 10.2 Å². The number of β-amino-alcohol motifs (C(OH)–C–C–N with tert-alkyl or cyclic N) is 1. The first kappa shape index (κ1) is 11.5. The van der Waals surface area contributed by atoms with E-state index in [2.05, 4.69) is 0 Å². The van der Waals surface area contributed by atoms with E-state index in [1.165, 1.54) is 0 Å². The molecule has 0 amide bonds. The van der Waals surface area contributed by atoms with Gasteiger partial charge in [-0.25, -0.2) is 0 Å². The molecule has 0 spiro atoms. The highest BCUT2D eigenvalue weighted by molar-refractivity contribution is 5.73. The van der Waals surface area contributed by atoms with E-state index in [9.17, 15) is 9.90 Å². The Bertz CT molecular complexity index is 207. The fourth-order valence-electron chi connectivity index (χ4n) is 2.08. The average Bonchev–Trinajstić information content (AvgIpc) is 2.29. The van der Waals surface area contributed by atoms with E-state index >= 15 is 0 Å². The first-order valence-electron chi connectivity index (χ1n) is 5.08. The van der Waals surface area contributed by atoms with Crippen molar-refractivity contribution in [3.8, 4) is 0 Å². The van der Waals surface area contributed by atoms with Crippen molar-refractivity contribution in [2.24, 2.45) is 11.8 Å². The van der Waals surface area contributed by atoms with E-state index in [1.54, 1.807) is 0 Å². The smallest absolute Gasteiger partial charge is 0.321 e. The van der Waals surface area contributed by atoms with Crippen molar-refractivity contribution in [3.63, 3.8) is 0 Å². The van der Waals surface area contributed by atoms with Crippen molar-refractivity contribution in [1.29, 1.82) is 0 Å². The number of carbonyl (C=O) groups is 1. The molecule has 0 radical (unpaired) electrons. The zero-order valence-corrected chi connectivity index (χ0v) is 8.97. The summed E-state index contributed by atoms with van der Waals surface area (Å²) in [5, 5.41) is 18.6. The second kappa shape index (κ2) is 4.28. The van der Waals surface area contributed by atoms with Gasteiger partial charge in [-0.2, -0.15) is 0 Å². The highest BCUT2D eigenvalue weighted by Crippen LogP contribution is 2.22. The molecular weight excluding hydrogens is 182 g/mol. The van der Waals surface area contributed by atoms with Crippen molar-refractivity contribution in [2.75, 3.05) is 13.1 Å². The third-order valence-electron chi connectivity index (χ3n) is 2.88. The van der Waals surface area contributed by atoms with Gasteiger partial charge in [0.25, 0.3) is 0 Å². The second-order valence-electron chi connectivity index (χ2n) is 4.53. The van der Waals surface area contributed by atoms with Gasteiger partial charge in [0, 0.05) is 13.1 Å². The Hall–Kier alpha value is -0.610. The predicted molar refractivity (Wildman–Crippen MR) is 53.0 cm³/mol.